The van der Waals surface area contributed by atoms with Crippen LogP contribution in [0, 0.1) is 0 Å². The number of anilines is 1. The molecule has 0 bridgehead atoms. The second kappa shape index (κ2) is 3.85. The number of nitrogen functional groups attached to an aromatic ring is 1. The van der Waals surface area contributed by atoms with Crippen LogP contribution in [0.1, 0.15) is 0 Å². The monoisotopic (exact) mass is 288 g/mol. The highest BCUT2D eigenvalue weighted by Gasteiger charge is 2.08. The Morgan fingerprint density at radius 3 is 2.94 bits per heavy atom. The fourth-order valence-electron chi connectivity index (χ4n) is 1.77. The van der Waals surface area contributed by atoms with Gasteiger partial charge in [0, 0.05) is 22.3 Å². The Balaban J connectivity index is 2.27. The van der Waals surface area contributed by atoms with E-state index in [1.165, 1.54) is 0 Å². The summed E-state index contributed by atoms with van der Waals surface area (Å²) < 4.78 is 2.64. The molecule has 2 N–H and O–H groups in total. The van der Waals surface area contributed by atoms with Gasteiger partial charge in [0.2, 0.25) is 0 Å². The Bertz CT molecular complexity index is 690. The van der Waals surface area contributed by atoms with Crippen molar-refractivity contribution in [2.75, 3.05) is 5.73 Å². The lowest BCUT2D eigenvalue weighted by Gasteiger charge is -2.07. The summed E-state index contributed by atoms with van der Waals surface area (Å²) in [6, 6.07) is 9.75. The van der Waals surface area contributed by atoms with Gasteiger partial charge in [-0.05, 0) is 17.7 Å². The average molecular weight is 289 g/mol. The van der Waals surface area contributed by atoms with Crippen molar-refractivity contribution in [3.05, 3.63) is 47.2 Å². The first-order chi connectivity index (χ1) is 8.25. The maximum absolute atomic E-state index is 6.09. The quantitative estimate of drug-likeness (QED) is 0.749. The van der Waals surface area contributed by atoms with Gasteiger partial charge in [0.25, 0.3) is 0 Å². The van der Waals surface area contributed by atoms with Gasteiger partial charge >= 0.3 is 0 Å². The van der Waals surface area contributed by atoms with Gasteiger partial charge in [0.15, 0.2) is 5.65 Å². The Kier molecular flexibility index (Phi) is 2.33. The molecule has 0 amide bonds. The zero-order valence-corrected chi connectivity index (χ0v) is 10.4. The van der Waals surface area contributed by atoms with Crippen molar-refractivity contribution in [2.24, 2.45) is 0 Å². The molecule has 0 saturated carbocycles. The van der Waals surface area contributed by atoms with E-state index in [1.54, 1.807) is 16.9 Å². The predicted octanol–water partition coefficient (Wildman–Crippen LogP) is 2.74. The largest absolute Gasteiger partial charge is 0.383 e. The summed E-state index contributed by atoms with van der Waals surface area (Å²) in [5.41, 5.74) is 8.73. The van der Waals surface area contributed by atoms with Crippen molar-refractivity contribution in [3.63, 3.8) is 0 Å². The molecular weight excluding hydrogens is 280 g/mol. The molecule has 84 valence electrons. The summed E-state index contributed by atoms with van der Waals surface area (Å²) >= 11 is 3.44. The molecule has 0 spiro atoms. The number of nitrogens with two attached hydrogens (primary N) is 1. The molecular formula is C12H9BrN4. The average Bonchev–Trinajstić information content (AvgIpc) is 2.78. The first-order valence-corrected chi connectivity index (χ1v) is 5.89. The van der Waals surface area contributed by atoms with E-state index in [0.717, 1.165) is 21.2 Å². The van der Waals surface area contributed by atoms with Crippen molar-refractivity contribution < 1.29 is 0 Å². The van der Waals surface area contributed by atoms with Gasteiger partial charge < -0.3 is 5.73 Å². The zero-order valence-electron chi connectivity index (χ0n) is 8.84. The Morgan fingerprint density at radius 2 is 2.12 bits per heavy atom. The lowest BCUT2D eigenvalue weighted by molar-refractivity contribution is 0.954. The van der Waals surface area contributed by atoms with Crippen LogP contribution in [0.2, 0.25) is 0 Å². The lowest BCUT2D eigenvalue weighted by atomic mass is 10.1. The maximum atomic E-state index is 6.09. The van der Waals surface area contributed by atoms with Crippen LogP contribution in [0.4, 0.5) is 5.82 Å². The highest BCUT2D eigenvalue weighted by atomic mass is 79.9. The van der Waals surface area contributed by atoms with E-state index in [0.29, 0.717) is 5.82 Å². The number of aromatic nitrogens is 3. The Labute approximate surface area is 106 Å². The topological polar surface area (TPSA) is 56.2 Å². The van der Waals surface area contributed by atoms with E-state index in [2.05, 4.69) is 26.0 Å². The van der Waals surface area contributed by atoms with Crippen LogP contribution in [0.15, 0.2) is 47.2 Å². The van der Waals surface area contributed by atoms with Gasteiger partial charge in [-0.15, -0.1) is 0 Å². The Hall–Kier alpha value is -1.88. The molecule has 0 aliphatic carbocycles. The fraction of sp³-hybridized carbons (Fsp3) is 0. The van der Waals surface area contributed by atoms with Crippen molar-refractivity contribution in [1.29, 1.82) is 0 Å². The molecule has 17 heavy (non-hydrogen) atoms. The normalized spacial score (nSPS) is 10.9. The number of hydrogen-bond donors (Lipinski definition) is 1. The summed E-state index contributed by atoms with van der Waals surface area (Å²) in [7, 11) is 0. The standard InChI is InChI=1S/C12H9BrN4/c13-9-3-1-2-8(6-9)10-7-15-11-4-5-16-17(11)12(10)14/h1-7H,14H2. The van der Waals surface area contributed by atoms with E-state index >= 15 is 0 Å². The van der Waals surface area contributed by atoms with Crippen molar-refractivity contribution in [3.8, 4) is 11.1 Å². The van der Waals surface area contributed by atoms with Gasteiger partial charge in [-0.25, -0.2) is 4.98 Å². The summed E-state index contributed by atoms with van der Waals surface area (Å²) in [6.45, 7) is 0. The summed E-state index contributed by atoms with van der Waals surface area (Å²) in [4.78, 5) is 4.31. The smallest absolute Gasteiger partial charge is 0.157 e. The van der Waals surface area contributed by atoms with Crippen LogP contribution < -0.4 is 5.73 Å². The molecule has 0 radical (unpaired) electrons. The summed E-state index contributed by atoms with van der Waals surface area (Å²) in [5, 5.41) is 4.14. The second-order valence-electron chi connectivity index (χ2n) is 3.67. The minimum Gasteiger partial charge on any atom is -0.383 e. The van der Waals surface area contributed by atoms with Gasteiger partial charge in [0.1, 0.15) is 5.82 Å². The third-order valence-corrected chi connectivity index (χ3v) is 3.08. The van der Waals surface area contributed by atoms with Crippen LogP contribution in [0.25, 0.3) is 16.8 Å². The van der Waals surface area contributed by atoms with Gasteiger partial charge in [-0.2, -0.15) is 9.61 Å². The summed E-state index contributed by atoms with van der Waals surface area (Å²) in [6.07, 6.45) is 3.46. The van der Waals surface area contributed by atoms with E-state index in [4.69, 9.17) is 5.73 Å². The van der Waals surface area contributed by atoms with E-state index in [1.807, 2.05) is 30.3 Å². The number of hydrogen-bond acceptors (Lipinski definition) is 3. The highest BCUT2D eigenvalue weighted by Crippen LogP contribution is 2.27. The molecule has 3 aromatic rings. The molecule has 3 rings (SSSR count). The molecule has 0 fully saturated rings. The SMILES string of the molecule is Nc1c(-c2cccc(Br)c2)cnc2ccnn12. The molecule has 4 nitrogen and oxygen atoms in total. The van der Waals surface area contributed by atoms with Gasteiger partial charge in [-0.1, -0.05) is 28.1 Å². The number of benzene rings is 1. The molecule has 2 aromatic heterocycles. The summed E-state index contributed by atoms with van der Waals surface area (Å²) in [5.74, 6) is 0.595. The number of nitrogens with zero attached hydrogens (tertiary/aromatic N) is 3. The van der Waals surface area contributed by atoms with Crippen LogP contribution in [-0.4, -0.2) is 14.6 Å². The molecule has 0 atom stereocenters. The molecule has 2 heterocycles. The molecule has 1 aromatic carbocycles. The zero-order chi connectivity index (χ0) is 11.8. The van der Waals surface area contributed by atoms with E-state index in [9.17, 15) is 0 Å². The third kappa shape index (κ3) is 1.68. The molecule has 5 heteroatoms. The van der Waals surface area contributed by atoms with Crippen LogP contribution in [0.5, 0.6) is 0 Å². The molecule has 0 aliphatic rings. The van der Waals surface area contributed by atoms with Gasteiger partial charge in [-0.3, -0.25) is 0 Å². The lowest BCUT2D eigenvalue weighted by Crippen LogP contribution is -2.02. The minimum absolute atomic E-state index is 0.595. The van der Waals surface area contributed by atoms with Crippen molar-refractivity contribution >= 4 is 27.4 Å². The van der Waals surface area contributed by atoms with Crippen LogP contribution >= 0.6 is 15.9 Å². The minimum atomic E-state index is 0.595. The first kappa shape index (κ1) is 10.3. The predicted molar refractivity (Wildman–Crippen MR) is 70.5 cm³/mol. The highest BCUT2D eigenvalue weighted by molar-refractivity contribution is 9.10. The molecule has 0 saturated heterocycles. The maximum Gasteiger partial charge on any atom is 0.157 e. The molecule has 0 aliphatic heterocycles. The third-order valence-electron chi connectivity index (χ3n) is 2.59. The fourth-order valence-corrected chi connectivity index (χ4v) is 2.17. The van der Waals surface area contributed by atoms with Crippen molar-refractivity contribution in [1.82, 2.24) is 14.6 Å². The number of halogens is 1. The van der Waals surface area contributed by atoms with E-state index < -0.39 is 0 Å². The Morgan fingerprint density at radius 1 is 1.24 bits per heavy atom. The van der Waals surface area contributed by atoms with E-state index in [-0.39, 0.29) is 0 Å². The molecule has 0 unspecified atom stereocenters. The van der Waals surface area contributed by atoms with Crippen molar-refractivity contribution in [2.45, 2.75) is 0 Å². The number of fused-ring (bicyclic) bond motifs is 1. The van der Waals surface area contributed by atoms with Crippen LogP contribution in [0.3, 0.4) is 0 Å². The van der Waals surface area contributed by atoms with Crippen LogP contribution in [-0.2, 0) is 0 Å². The second-order valence-corrected chi connectivity index (χ2v) is 4.58. The van der Waals surface area contributed by atoms with Gasteiger partial charge in [0.05, 0.1) is 6.20 Å². The first-order valence-electron chi connectivity index (χ1n) is 5.10. The number of rotatable bonds is 1.